The quantitative estimate of drug-likeness (QED) is 0.848. The molecular weight excluding hydrogens is 258 g/mol. The first kappa shape index (κ1) is 13.8. The Balaban J connectivity index is 2.72. The van der Waals surface area contributed by atoms with Crippen molar-refractivity contribution in [2.24, 2.45) is 14.1 Å². The molecule has 0 fully saturated rings. The van der Waals surface area contributed by atoms with Crippen LogP contribution >= 0.6 is 0 Å². The van der Waals surface area contributed by atoms with Crippen molar-refractivity contribution in [2.75, 3.05) is 5.32 Å². The minimum Gasteiger partial charge on any atom is -0.341 e. The first-order valence-electron chi connectivity index (χ1n) is 6.06. The molecule has 0 amide bonds. The highest BCUT2D eigenvalue weighted by molar-refractivity contribution is 5.99. The zero-order valence-corrected chi connectivity index (χ0v) is 11.5. The van der Waals surface area contributed by atoms with Crippen LogP contribution in [-0.2, 0) is 14.1 Å². The summed E-state index contributed by atoms with van der Waals surface area (Å²) in [6.07, 6.45) is 0. The molecule has 0 aliphatic carbocycles. The molecule has 2 aromatic rings. The Morgan fingerprint density at radius 2 is 1.65 bits per heavy atom. The van der Waals surface area contributed by atoms with Crippen molar-refractivity contribution in [3.05, 3.63) is 56.7 Å². The standard InChI is InChI=1S/C14H15N3O3/c1-9(18)11-12(15-10-7-5-4-6-8-10)16(2)14(20)17(3)13(11)19/h4-8,15H,1-3H3. The van der Waals surface area contributed by atoms with Gasteiger partial charge < -0.3 is 5.32 Å². The number of hydrogen-bond acceptors (Lipinski definition) is 4. The van der Waals surface area contributed by atoms with E-state index in [1.807, 2.05) is 18.2 Å². The predicted molar refractivity (Wildman–Crippen MR) is 76.7 cm³/mol. The zero-order valence-electron chi connectivity index (χ0n) is 11.5. The summed E-state index contributed by atoms with van der Waals surface area (Å²) in [7, 11) is 2.86. The molecule has 0 spiro atoms. The summed E-state index contributed by atoms with van der Waals surface area (Å²) in [6.45, 7) is 1.30. The summed E-state index contributed by atoms with van der Waals surface area (Å²) in [5.74, 6) is -0.184. The predicted octanol–water partition coefficient (Wildman–Crippen LogP) is 1.03. The fraction of sp³-hybridized carbons (Fsp3) is 0.214. The van der Waals surface area contributed by atoms with E-state index in [4.69, 9.17) is 0 Å². The minimum atomic E-state index is -0.598. The third-order valence-corrected chi connectivity index (χ3v) is 3.05. The Kier molecular flexibility index (Phi) is 3.56. The summed E-state index contributed by atoms with van der Waals surface area (Å²) >= 11 is 0. The van der Waals surface area contributed by atoms with Crippen LogP contribution in [0.15, 0.2) is 39.9 Å². The smallest absolute Gasteiger partial charge is 0.332 e. The molecule has 0 unspecified atom stereocenters. The number of anilines is 2. The molecule has 0 aliphatic heterocycles. The number of Topliss-reactive ketones (excluding diaryl/α,β-unsaturated/α-hetero) is 1. The summed E-state index contributed by atoms with van der Waals surface area (Å²) in [5, 5.41) is 2.96. The Bertz CT molecular complexity index is 773. The van der Waals surface area contributed by atoms with Crippen LogP contribution in [0, 0.1) is 0 Å². The molecule has 0 radical (unpaired) electrons. The monoisotopic (exact) mass is 273 g/mol. The molecule has 0 atom stereocenters. The van der Waals surface area contributed by atoms with E-state index in [1.165, 1.54) is 25.6 Å². The normalized spacial score (nSPS) is 10.3. The third kappa shape index (κ3) is 2.27. The SMILES string of the molecule is CC(=O)c1c(Nc2ccccc2)n(C)c(=O)n(C)c1=O. The average molecular weight is 273 g/mol. The van der Waals surface area contributed by atoms with Crippen LogP contribution < -0.4 is 16.6 Å². The topological polar surface area (TPSA) is 73.1 Å². The van der Waals surface area contributed by atoms with Gasteiger partial charge in [0.25, 0.3) is 5.56 Å². The lowest BCUT2D eigenvalue weighted by Crippen LogP contribution is -2.41. The fourth-order valence-corrected chi connectivity index (χ4v) is 1.97. The van der Waals surface area contributed by atoms with Crippen LogP contribution in [0.4, 0.5) is 11.5 Å². The number of nitrogens with one attached hydrogen (secondary N) is 1. The number of hydrogen-bond donors (Lipinski definition) is 1. The van der Waals surface area contributed by atoms with Gasteiger partial charge in [0, 0.05) is 19.8 Å². The molecule has 0 bridgehead atoms. The first-order chi connectivity index (χ1) is 9.43. The highest BCUT2D eigenvalue weighted by atomic mass is 16.2. The van der Waals surface area contributed by atoms with Crippen molar-refractivity contribution in [1.29, 1.82) is 0 Å². The number of rotatable bonds is 3. The number of carbonyl (C=O) groups excluding carboxylic acids is 1. The molecule has 0 saturated carbocycles. The summed E-state index contributed by atoms with van der Waals surface area (Å²) < 4.78 is 2.18. The van der Waals surface area contributed by atoms with Crippen molar-refractivity contribution < 1.29 is 4.79 Å². The van der Waals surface area contributed by atoms with E-state index in [0.29, 0.717) is 5.69 Å². The van der Waals surface area contributed by atoms with Gasteiger partial charge in [-0.25, -0.2) is 4.79 Å². The van der Waals surface area contributed by atoms with Gasteiger partial charge >= 0.3 is 5.69 Å². The van der Waals surface area contributed by atoms with Gasteiger partial charge in [-0.2, -0.15) is 0 Å². The first-order valence-corrected chi connectivity index (χ1v) is 6.06. The van der Waals surface area contributed by atoms with E-state index in [1.54, 1.807) is 12.1 Å². The number of ketones is 1. The number of benzene rings is 1. The Morgan fingerprint density at radius 1 is 1.05 bits per heavy atom. The lowest BCUT2D eigenvalue weighted by molar-refractivity contribution is 0.101. The van der Waals surface area contributed by atoms with Crippen LogP contribution in [0.2, 0.25) is 0 Å². The van der Waals surface area contributed by atoms with E-state index in [-0.39, 0.29) is 17.2 Å². The maximum absolute atomic E-state index is 12.1. The highest BCUT2D eigenvalue weighted by Crippen LogP contribution is 2.16. The number of para-hydroxylation sites is 1. The summed E-state index contributed by atoms with van der Waals surface area (Å²) in [4.78, 5) is 35.8. The Morgan fingerprint density at radius 3 is 2.20 bits per heavy atom. The second-order valence-electron chi connectivity index (χ2n) is 4.48. The van der Waals surface area contributed by atoms with Crippen LogP contribution in [-0.4, -0.2) is 14.9 Å². The number of carbonyl (C=O) groups is 1. The van der Waals surface area contributed by atoms with E-state index < -0.39 is 11.2 Å². The Hall–Kier alpha value is -2.63. The Labute approximate surface area is 115 Å². The van der Waals surface area contributed by atoms with Crippen LogP contribution in [0.1, 0.15) is 17.3 Å². The lowest BCUT2D eigenvalue weighted by atomic mass is 10.2. The molecular formula is C14H15N3O3. The van der Waals surface area contributed by atoms with Gasteiger partial charge in [0.1, 0.15) is 11.4 Å². The largest absolute Gasteiger partial charge is 0.341 e. The maximum Gasteiger partial charge on any atom is 0.332 e. The minimum absolute atomic E-state index is 0.0292. The third-order valence-electron chi connectivity index (χ3n) is 3.05. The van der Waals surface area contributed by atoms with Gasteiger partial charge in [-0.1, -0.05) is 18.2 Å². The van der Waals surface area contributed by atoms with Gasteiger partial charge in [-0.05, 0) is 19.1 Å². The van der Waals surface area contributed by atoms with Crippen LogP contribution in [0.5, 0.6) is 0 Å². The molecule has 1 N–H and O–H groups in total. The molecule has 104 valence electrons. The van der Waals surface area contributed by atoms with Gasteiger partial charge in [0.2, 0.25) is 0 Å². The maximum atomic E-state index is 12.1. The molecule has 1 heterocycles. The summed E-state index contributed by atoms with van der Waals surface area (Å²) in [6, 6.07) is 9.04. The van der Waals surface area contributed by atoms with Gasteiger partial charge in [0.05, 0.1) is 0 Å². The van der Waals surface area contributed by atoms with E-state index >= 15 is 0 Å². The van der Waals surface area contributed by atoms with Crippen molar-refractivity contribution >= 4 is 17.3 Å². The molecule has 1 aromatic carbocycles. The van der Waals surface area contributed by atoms with Crippen LogP contribution in [0.25, 0.3) is 0 Å². The number of aromatic nitrogens is 2. The molecule has 6 heteroatoms. The van der Waals surface area contributed by atoms with Crippen LogP contribution in [0.3, 0.4) is 0 Å². The lowest BCUT2D eigenvalue weighted by Gasteiger charge is -2.15. The summed E-state index contributed by atoms with van der Waals surface area (Å²) in [5.41, 5.74) is -0.422. The van der Waals surface area contributed by atoms with Gasteiger partial charge in [-0.3, -0.25) is 18.7 Å². The molecule has 20 heavy (non-hydrogen) atoms. The van der Waals surface area contributed by atoms with Gasteiger partial charge in [-0.15, -0.1) is 0 Å². The van der Waals surface area contributed by atoms with Crippen molar-refractivity contribution in [1.82, 2.24) is 9.13 Å². The number of nitrogens with zero attached hydrogens (tertiary/aromatic N) is 2. The zero-order chi connectivity index (χ0) is 14.9. The highest BCUT2D eigenvalue weighted by Gasteiger charge is 2.19. The van der Waals surface area contributed by atoms with Crippen molar-refractivity contribution in [3.8, 4) is 0 Å². The van der Waals surface area contributed by atoms with E-state index in [9.17, 15) is 14.4 Å². The second-order valence-corrected chi connectivity index (χ2v) is 4.48. The molecule has 2 rings (SSSR count). The van der Waals surface area contributed by atoms with Crippen molar-refractivity contribution in [2.45, 2.75) is 6.92 Å². The second kappa shape index (κ2) is 5.16. The fourth-order valence-electron chi connectivity index (χ4n) is 1.97. The van der Waals surface area contributed by atoms with Crippen molar-refractivity contribution in [3.63, 3.8) is 0 Å². The molecule has 6 nitrogen and oxygen atoms in total. The van der Waals surface area contributed by atoms with E-state index in [0.717, 1.165) is 4.57 Å². The molecule has 0 aliphatic rings. The van der Waals surface area contributed by atoms with Gasteiger partial charge in [0.15, 0.2) is 5.78 Å². The molecule has 0 saturated heterocycles. The average Bonchev–Trinajstić information content (AvgIpc) is 2.43. The molecule has 1 aromatic heterocycles. The van der Waals surface area contributed by atoms with E-state index in [2.05, 4.69) is 5.32 Å².